The molecule has 120 valence electrons. The van der Waals surface area contributed by atoms with Crippen LogP contribution < -0.4 is 5.32 Å². The van der Waals surface area contributed by atoms with Gasteiger partial charge in [-0.25, -0.2) is 0 Å². The van der Waals surface area contributed by atoms with Gasteiger partial charge in [0.25, 0.3) is 0 Å². The molecule has 2 amide bonds. The first-order valence-electron chi connectivity index (χ1n) is 7.94. The zero-order valence-electron chi connectivity index (χ0n) is 13.1. The number of hydrogen-bond donors (Lipinski definition) is 1. The topological polar surface area (TPSA) is 61.9 Å². The first kappa shape index (κ1) is 16.2. The molecule has 2 fully saturated rings. The summed E-state index contributed by atoms with van der Waals surface area (Å²) in [5.74, 6) is 0.243. The number of carbonyl (C=O) groups excluding carboxylic acids is 2. The van der Waals surface area contributed by atoms with Crippen molar-refractivity contribution in [3.63, 3.8) is 0 Å². The number of rotatable bonds is 5. The molecule has 21 heavy (non-hydrogen) atoms. The molecule has 0 unspecified atom stereocenters. The van der Waals surface area contributed by atoms with Gasteiger partial charge in [-0.15, -0.1) is 0 Å². The average molecular weight is 297 g/mol. The lowest BCUT2D eigenvalue weighted by atomic mass is 9.95. The molecule has 1 atom stereocenters. The molecule has 2 rings (SSSR count). The second-order valence-corrected chi connectivity index (χ2v) is 6.05. The second kappa shape index (κ2) is 7.75. The van der Waals surface area contributed by atoms with Gasteiger partial charge in [0.2, 0.25) is 11.8 Å². The maximum absolute atomic E-state index is 12.3. The Morgan fingerprint density at radius 3 is 2.48 bits per heavy atom. The molecule has 0 spiro atoms. The minimum atomic E-state index is 0.0353. The van der Waals surface area contributed by atoms with E-state index >= 15 is 0 Å². The Labute approximate surface area is 126 Å². The van der Waals surface area contributed by atoms with Gasteiger partial charge in [0.1, 0.15) is 6.61 Å². The number of amides is 2. The third-order valence-electron chi connectivity index (χ3n) is 4.39. The first-order valence-corrected chi connectivity index (χ1v) is 7.94. The fourth-order valence-corrected chi connectivity index (χ4v) is 3.04. The smallest absolute Gasteiger partial charge is 0.248 e. The molecule has 2 aliphatic rings. The van der Waals surface area contributed by atoms with Crippen LogP contribution in [0.25, 0.3) is 0 Å². The Balaban J connectivity index is 1.70. The third kappa shape index (κ3) is 4.68. The molecule has 0 aromatic rings. The highest BCUT2D eigenvalue weighted by Crippen LogP contribution is 2.18. The Morgan fingerprint density at radius 1 is 1.19 bits per heavy atom. The van der Waals surface area contributed by atoms with Gasteiger partial charge < -0.3 is 19.9 Å². The molecule has 2 aliphatic heterocycles. The number of likely N-dealkylation sites (N-methyl/N-ethyl adjacent to an activating group) is 1. The summed E-state index contributed by atoms with van der Waals surface area (Å²) in [7, 11) is 2.08. The second-order valence-electron chi connectivity index (χ2n) is 6.05. The highest BCUT2D eigenvalue weighted by atomic mass is 16.5. The number of piperidine rings is 1. The van der Waals surface area contributed by atoms with E-state index in [0.29, 0.717) is 25.7 Å². The van der Waals surface area contributed by atoms with E-state index in [4.69, 9.17) is 4.74 Å². The molecule has 6 heteroatoms. The Kier molecular flexibility index (Phi) is 5.99. The van der Waals surface area contributed by atoms with E-state index in [1.54, 1.807) is 0 Å². The van der Waals surface area contributed by atoms with Crippen LogP contribution in [0.15, 0.2) is 0 Å². The number of nitrogens with zero attached hydrogens (tertiary/aromatic N) is 2. The summed E-state index contributed by atoms with van der Waals surface area (Å²) in [5.41, 5.74) is 0. The van der Waals surface area contributed by atoms with Crippen molar-refractivity contribution in [2.75, 3.05) is 46.4 Å². The molecule has 0 aliphatic carbocycles. The van der Waals surface area contributed by atoms with Gasteiger partial charge in [-0.1, -0.05) is 0 Å². The maximum atomic E-state index is 12.3. The molecular formula is C15H27N3O3. The molecule has 0 radical (unpaired) electrons. The van der Waals surface area contributed by atoms with E-state index in [-0.39, 0.29) is 24.3 Å². The van der Waals surface area contributed by atoms with Crippen LogP contribution in [-0.4, -0.2) is 74.1 Å². The molecule has 0 saturated carbocycles. The van der Waals surface area contributed by atoms with Gasteiger partial charge in [-0.3, -0.25) is 9.59 Å². The summed E-state index contributed by atoms with van der Waals surface area (Å²) in [5, 5.41) is 3.15. The maximum Gasteiger partial charge on any atom is 0.248 e. The number of carbonyl (C=O) groups is 2. The van der Waals surface area contributed by atoms with Gasteiger partial charge in [0.15, 0.2) is 0 Å². The fourth-order valence-electron chi connectivity index (χ4n) is 3.04. The van der Waals surface area contributed by atoms with Crippen molar-refractivity contribution in [3.05, 3.63) is 0 Å². The summed E-state index contributed by atoms with van der Waals surface area (Å²) < 4.78 is 5.15. The molecule has 6 nitrogen and oxygen atoms in total. The predicted molar refractivity (Wildman–Crippen MR) is 79.8 cm³/mol. The molecule has 0 bridgehead atoms. The van der Waals surface area contributed by atoms with Crippen molar-refractivity contribution >= 4 is 11.8 Å². The van der Waals surface area contributed by atoms with Crippen molar-refractivity contribution < 1.29 is 14.3 Å². The van der Waals surface area contributed by atoms with E-state index in [1.165, 1.54) is 0 Å². The van der Waals surface area contributed by atoms with Crippen LogP contribution in [0, 0.1) is 5.92 Å². The van der Waals surface area contributed by atoms with Crippen molar-refractivity contribution in [2.24, 2.45) is 5.92 Å². The van der Waals surface area contributed by atoms with Crippen molar-refractivity contribution in [2.45, 2.75) is 32.2 Å². The first-order chi connectivity index (χ1) is 10.1. The molecule has 0 aromatic carbocycles. The largest absolute Gasteiger partial charge is 0.372 e. The fraction of sp³-hybridized carbons (Fsp3) is 0.867. The standard InChI is InChI=1S/C15H27N3O3/c1-3-21-11-14(19)18-8-4-12(5-9-18)15(20)16-13-6-7-17(2)10-13/h12-13H,3-11H2,1-2H3,(H,16,20)/t13-/m1/s1. The lowest BCUT2D eigenvalue weighted by molar-refractivity contribution is -0.139. The van der Waals surface area contributed by atoms with Gasteiger partial charge in [0, 0.05) is 38.2 Å². The minimum Gasteiger partial charge on any atom is -0.372 e. The molecule has 1 N–H and O–H groups in total. The molecule has 2 saturated heterocycles. The lowest BCUT2D eigenvalue weighted by Gasteiger charge is -2.31. The molecular weight excluding hydrogens is 270 g/mol. The van der Waals surface area contributed by atoms with Crippen LogP contribution in [0.4, 0.5) is 0 Å². The Hall–Kier alpha value is -1.14. The van der Waals surface area contributed by atoms with Gasteiger partial charge in [-0.05, 0) is 39.8 Å². The van der Waals surface area contributed by atoms with Crippen LogP contribution in [-0.2, 0) is 14.3 Å². The molecule has 2 heterocycles. The Bertz CT molecular complexity index is 367. The van der Waals surface area contributed by atoms with Crippen LogP contribution in [0.5, 0.6) is 0 Å². The third-order valence-corrected chi connectivity index (χ3v) is 4.39. The number of ether oxygens (including phenoxy) is 1. The Morgan fingerprint density at radius 2 is 1.90 bits per heavy atom. The van der Waals surface area contributed by atoms with Gasteiger partial charge in [0.05, 0.1) is 0 Å². The summed E-state index contributed by atoms with van der Waals surface area (Å²) in [6.45, 7) is 5.91. The summed E-state index contributed by atoms with van der Waals surface area (Å²) in [4.78, 5) is 28.1. The van der Waals surface area contributed by atoms with E-state index in [0.717, 1.165) is 32.4 Å². The van der Waals surface area contributed by atoms with Crippen LogP contribution in [0.1, 0.15) is 26.2 Å². The quantitative estimate of drug-likeness (QED) is 0.781. The van der Waals surface area contributed by atoms with Crippen LogP contribution in [0.2, 0.25) is 0 Å². The highest BCUT2D eigenvalue weighted by molar-refractivity contribution is 5.80. The van der Waals surface area contributed by atoms with Crippen LogP contribution in [0.3, 0.4) is 0 Å². The monoisotopic (exact) mass is 297 g/mol. The van der Waals surface area contributed by atoms with Gasteiger partial charge >= 0.3 is 0 Å². The number of hydrogen-bond acceptors (Lipinski definition) is 4. The minimum absolute atomic E-state index is 0.0353. The van der Waals surface area contributed by atoms with E-state index < -0.39 is 0 Å². The lowest BCUT2D eigenvalue weighted by Crippen LogP contribution is -2.46. The van der Waals surface area contributed by atoms with E-state index in [1.807, 2.05) is 11.8 Å². The van der Waals surface area contributed by atoms with E-state index in [9.17, 15) is 9.59 Å². The van der Waals surface area contributed by atoms with Gasteiger partial charge in [-0.2, -0.15) is 0 Å². The van der Waals surface area contributed by atoms with Crippen molar-refractivity contribution in [1.29, 1.82) is 0 Å². The highest BCUT2D eigenvalue weighted by Gasteiger charge is 2.29. The summed E-state index contributed by atoms with van der Waals surface area (Å²) >= 11 is 0. The average Bonchev–Trinajstić information content (AvgIpc) is 2.90. The SMILES string of the molecule is CCOCC(=O)N1CCC(C(=O)N[C@@H]2CCN(C)C2)CC1. The normalized spacial score (nSPS) is 24.3. The van der Waals surface area contributed by atoms with Crippen LogP contribution >= 0.6 is 0 Å². The summed E-state index contributed by atoms with van der Waals surface area (Å²) in [6.07, 6.45) is 2.55. The summed E-state index contributed by atoms with van der Waals surface area (Å²) in [6, 6.07) is 0.292. The van der Waals surface area contributed by atoms with Crippen molar-refractivity contribution in [3.8, 4) is 0 Å². The van der Waals surface area contributed by atoms with Crippen molar-refractivity contribution in [1.82, 2.24) is 15.1 Å². The number of likely N-dealkylation sites (tertiary alicyclic amines) is 2. The number of nitrogens with one attached hydrogen (secondary N) is 1. The zero-order valence-corrected chi connectivity index (χ0v) is 13.1. The zero-order chi connectivity index (χ0) is 15.2. The predicted octanol–water partition coefficient (Wildman–Crippen LogP) is 0.0818. The molecule has 0 aromatic heterocycles. The van der Waals surface area contributed by atoms with E-state index in [2.05, 4.69) is 17.3 Å².